The number of nitrogens with zero attached hydrogens (tertiary/aromatic N) is 1. The minimum absolute atomic E-state index is 0.0537. The van der Waals surface area contributed by atoms with Crippen LogP contribution in [0.2, 0.25) is 0 Å². The van der Waals surface area contributed by atoms with E-state index in [9.17, 15) is 9.59 Å². The standard InChI is InChI=1S/C15H22N2O2/c1-4-10-17(11-14(18)16-3)12(2)15(19)13-8-6-5-7-9-13/h5-9,12H,4,10-11H2,1-3H3,(H,16,18). The van der Waals surface area contributed by atoms with Gasteiger partial charge in [0.1, 0.15) is 0 Å². The summed E-state index contributed by atoms with van der Waals surface area (Å²) in [6.45, 7) is 4.88. The molecule has 0 saturated heterocycles. The van der Waals surface area contributed by atoms with Gasteiger partial charge in [0.2, 0.25) is 5.91 Å². The molecule has 0 spiro atoms. The molecule has 1 aromatic carbocycles. The van der Waals surface area contributed by atoms with E-state index in [1.54, 1.807) is 7.05 Å². The zero-order valence-electron chi connectivity index (χ0n) is 11.8. The van der Waals surface area contributed by atoms with Gasteiger partial charge in [0, 0.05) is 12.6 Å². The van der Waals surface area contributed by atoms with Crippen molar-refractivity contribution in [3.05, 3.63) is 35.9 Å². The van der Waals surface area contributed by atoms with Crippen LogP contribution in [0.3, 0.4) is 0 Å². The lowest BCUT2D eigenvalue weighted by atomic mass is 10.0. The molecule has 4 nitrogen and oxygen atoms in total. The summed E-state index contributed by atoms with van der Waals surface area (Å²) in [5.74, 6) is -0.0147. The lowest BCUT2D eigenvalue weighted by molar-refractivity contribution is -0.122. The van der Waals surface area contributed by atoms with E-state index in [4.69, 9.17) is 0 Å². The number of hydrogen-bond donors (Lipinski definition) is 1. The van der Waals surface area contributed by atoms with Crippen LogP contribution in [0.25, 0.3) is 0 Å². The van der Waals surface area contributed by atoms with E-state index in [1.165, 1.54) is 0 Å². The number of rotatable bonds is 7. The fourth-order valence-corrected chi connectivity index (χ4v) is 1.97. The van der Waals surface area contributed by atoms with Crippen molar-refractivity contribution in [3.8, 4) is 0 Å². The Bertz CT molecular complexity index is 417. The largest absolute Gasteiger partial charge is 0.358 e. The number of ketones is 1. The van der Waals surface area contributed by atoms with Gasteiger partial charge >= 0.3 is 0 Å². The first kappa shape index (κ1) is 15.4. The van der Waals surface area contributed by atoms with Gasteiger partial charge in [-0.1, -0.05) is 37.3 Å². The summed E-state index contributed by atoms with van der Waals surface area (Å²) in [5, 5.41) is 2.60. The van der Waals surface area contributed by atoms with Gasteiger partial charge in [-0.3, -0.25) is 14.5 Å². The van der Waals surface area contributed by atoms with Crippen molar-refractivity contribution in [2.24, 2.45) is 0 Å². The summed E-state index contributed by atoms with van der Waals surface area (Å²) in [6.07, 6.45) is 0.906. The first-order valence-electron chi connectivity index (χ1n) is 6.64. The van der Waals surface area contributed by atoms with Crippen LogP contribution in [0.15, 0.2) is 30.3 Å². The SMILES string of the molecule is CCCN(CC(=O)NC)C(C)C(=O)c1ccccc1. The fourth-order valence-electron chi connectivity index (χ4n) is 1.97. The van der Waals surface area contributed by atoms with Gasteiger partial charge in [0.05, 0.1) is 12.6 Å². The van der Waals surface area contributed by atoms with Crippen molar-refractivity contribution in [1.82, 2.24) is 10.2 Å². The summed E-state index contributed by atoms with van der Waals surface area (Å²) >= 11 is 0. The first-order chi connectivity index (χ1) is 9.10. The Balaban J connectivity index is 2.78. The maximum Gasteiger partial charge on any atom is 0.233 e. The van der Waals surface area contributed by atoms with Crippen molar-refractivity contribution in [2.75, 3.05) is 20.1 Å². The molecule has 0 bridgehead atoms. The molecule has 19 heavy (non-hydrogen) atoms. The second-order valence-electron chi connectivity index (χ2n) is 4.55. The highest BCUT2D eigenvalue weighted by atomic mass is 16.2. The summed E-state index contributed by atoms with van der Waals surface area (Å²) < 4.78 is 0. The molecular weight excluding hydrogens is 240 g/mol. The van der Waals surface area contributed by atoms with Crippen LogP contribution in [0, 0.1) is 0 Å². The lowest BCUT2D eigenvalue weighted by Gasteiger charge is -2.26. The Morgan fingerprint density at radius 3 is 2.42 bits per heavy atom. The molecule has 0 saturated carbocycles. The molecule has 0 fully saturated rings. The highest BCUT2D eigenvalue weighted by Crippen LogP contribution is 2.09. The monoisotopic (exact) mass is 262 g/mol. The van der Waals surface area contributed by atoms with Crippen molar-refractivity contribution in [3.63, 3.8) is 0 Å². The number of carbonyl (C=O) groups excluding carboxylic acids is 2. The molecule has 0 radical (unpaired) electrons. The smallest absolute Gasteiger partial charge is 0.233 e. The normalized spacial score (nSPS) is 12.2. The number of nitrogens with one attached hydrogen (secondary N) is 1. The van der Waals surface area contributed by atoms with Gasteiger partial charge in [-0.05, 0) is 19.9 Å². The van der Waals surface area contributed by atoms with E-state index >= 15 is 0 Å². The van der Waals surface area contributed by atoms with E-state index in [0.717, 1.165) is 13.0 Å². The molecule has 1 aromatic rings. The van der Waals surface area contributed by atoms with Gasteiger partial charge in [-0.15, -0.1) is 0 Å². The third-order valence-electron chi connectivity index (χ3n) is 3.12. The number of likely N-dealkylation sites (N-methyl/N-ethyl adjacent to an activating group) is 1. The summed E-state index contributed by atoms with van der Waals surface area (Å²) in [7, 11) is 1.61. The zero-order valence-corrected chi connectivity index (χ0v) is 11.8. The molecule has 0 aliphatic rings. The first-order valence-corrected chi connectivity index (χ1v) is 6.64. The van der Waals surface area contributed by atoms with Gasteiger partial charge in [0.25, 0.3) is 0 Å². The van der Waals surface area contributed by atoms with Crippen LogP contribution in [0.1, 0.15) is 30.6 Å². The van der Waals surface area contributed by atoms with Crippen LogP contribution < -0.4 is 5.32 Å². The Kier molecular flexibility index (Phi) is 6.22. The third kappa shape index (κ3) is 4.48. The van der Waals surface area contributed by atoms with Crippen LogP contribution in [-0.2, 0) is 4.79 Å². The number of carbonyl (C=O) groups is 2. The van der Waals surface area contributed by atoms with Gasteiger partial charge in [-0.2, -0.15) is 0 Å². The average molecular weight is 262 g/mol. The molecule has 1 rings (SSSR count). The molecule has 104 valence electrons. The Hall–Kier alpha value is -1.68. The zero-order chi connectivity index (χ0) is 14.3. The molecule has 0 aromatic heterocycles. The third-order valence-corrected chi connectivity index (χ3v) is 3.12. The number of hydrogen-bond acceptors (Lipinski definition) is 3. The second kappa shape index (κ2) is 7.69. The van der Waals surface area contributed by atoms with Gasteiger partial charge in [-0.25, -0.2) is 0 Å². The Morgan fingerprint density at radius 2 is 1.89 bits per heavy atom. The predicted octanol–water partition coefficient (Wildman–Crippen LogP) is 1.72. The van der Waals surface area contributed by atoms with Crippen LogP contribution in [0.5, 0.6) is 0 Å². The summed E-state index contributed by atoms with van der Waals surface area (Å²) in [5.41, 5.74) is 0.688. The summed E-state index contributed by atoms with van der Waals surface area (Å²) in [4.78, 5) is 25.8. The van der Waals surface area contributed by atoms with E-state index in [1.807, 2.05) is 49.1 Å². The van der Waals surface area contributed by atoms with E-state index in [-0.39, 0.29) is 24.3 Å². The topological polar surface area (TPSA) is 49.4 Å². The fraction of sp³-hybridized carbons (Fsp3) is 0.467. The second-order valence-corrected chi connectivity index (χ2v) is 4.55. The van der Waals surface area contributed by atoms with Crippen molar-refractivity contribution < 1.29 is 9.59 Å². The minimum Gasteiger partial charge on any atom is -0.358 e. The van der Waals surface area contributed by atoms with Crippen LogP contribution in [-0.4, -0.2) is 42.8 Å². The van der Waals surface area contributed by atoms with E-state index in [2.05, 4.69) is 5.32 Å². The molecule has 4 heteroatoms. The molecule has 1 amide bonds. The average Bonchev–Trinajstić information content (AvgIpc) is 2.46. The van der Waals surface area contributed by atoms with Crippen LogP contribution >= 0.6 is 0 Å². The molecule has 1 unspecified atom stereocenters. The maximum atomic E-state index is 12.4. The highest BCUT2D eigenvalue weighted by molar-refractivity contribution is 6.00. The van der Waals surface area contributed by atoms with Gasteiger partial charge < -0.3 is 5.32 Å². The lowest BCUT2D eigenvalue weighted by Crippen LogP contribution is -2.45. The van der Waals surface area contributed by atoms with Gasteiger partial charge in [0.15, 0.2) is 5.78 Å². The predicted molar refractivity (Wildman–Crippen MR) is 76.2 cm³/mol. The van der Waals surface area contributed by atoms with Crippen LogP contribution in [0.4, 0.5) is 0 Å². The minimum atomic E-state index is -0.292. The number of benzene rings is 1. The Morgan fingerprint density at radius 1 is 1.26 bits per heavy atom. The molecule has 0 heterocycles. The van der Waals surface area contributed by atoms with E-state index in [0.29, 0.717) is 5.56 Å². The summed E-state index contributed by atoms with van der Waals surface area (Å²) in [6, 6.07) is 8.91. The quantitative estimate of drug-likeness (QED) is 0.761. The van der Waals surface area contributed by atoms with Crippen molar-refractivity contribution in [2.45, 2.75) is 26.3 Å². The molecule has 1 atom stereocenters. The molecular formula is C15H22N2O2. The molecule has 0 aliphatic heterocycles. The molecule has 1 N–H and O–H groups in total. The highest BCUT2D eigenvalue weighted by Gasteiger charge is 2.23. The molecule has 0 aliphatic carbocycles. The maximum absolute atomic E-state index is 12.4. The van der Waals surface area contributed by atoms with Crippen molar-refractivity contribution >= 4 is 11.7 Å². The number of amides is 1. The van der Waals surface area contributed by atoms with Crippen molar-refractivity contribution in [1.29, 1.82) is 0 Å². The van der Waals surface area contributed by atoms with E-state index < -0.39 is 0 Å². The number of Topliss-reactive ketones (excluding diaryl/α,β-unsaturated/α-hetero) is 1. The Labute approximate surface area is 114 Å².